The Morgan fingerprint density at radius 1 is 0.253 bits per heavy atom. The quantitative estimate of drug-likeness (QED) is 0.0261. The Balaban J connectivity index is 4.31. The third-order valence-electron chi connectivity index (χ3n) is 15.3. The van der Waals surface area contributed by atoms with Gasteiger partial charge in [0.05, 0.1) is 0 Å². The molecular weight excluding hydrogens is 1020 g/mol. The summed E-state index contributed by atoms with van der Waals surface area (Å²) in [5.41, 5.74) is 0. The lowest BCUT2D eigenvalue weighted by Crippen LogP contribution is -2.30. The molecule has 1 atom stereocenters. The van der Waals surface area contributed by atoms with Crippen LogP contribution in [0.15, 0.2) is 109 Å². The van der Waals surface area contributed by atoms with E-state index >= 15 is 0 Å². The van der Waals surface area contributed by atoms with Crippen LogP contribution in [0.2, 0.25) is 0 Å². The Morgan fingerprint density at radius 2 is 0.470 bits per heavy atom. The molecule has 6 nitrogen and oxygen atoms in total. The van der Waals surface area contributed by atoms with E-state index in [9.17, 15) is 14.4 Å². The standard InChI is InChI=1S/C77H132O6/c1-4-7-10-13-16-19-22-25-27-29-31-33-35-36-37-38-39-40-42-43-45-47-49-52-55-58-61-64-67-70-76(79)82-73-74(72-81-75(78)69-66-63-60-57-54-51-24-21-18-15-12-9-6-3)83-77(80)71-68-65-62-59-56-53-50-48-46-44-41-34-32-30-28-26-23-20-17-14-11-8-5-2/h7,10,16,19,23,25-27,30-33,36-37,39-41,44,74H,4-6,8-9,11-15,17-18,20-22,24,28-29,34-35,38,42-43,45-73H2,1-3H3/b10-7-,19-16-,26-23-,27-25-,32-30-,33-31-,37-36-,40-39-,44-41-. The molecule has 0 aliphatic carbocycles. The highest BCUT2D eigenvalue weighted by atomic mass is 16.6. The smallest absolute Gasteiger partial charge is 0.306 e. The lowest BCUT2D eigenvalue weighted by molar-refractivity contribution is -0.167. The summed E-state index contributed by atoms with van der Waals surface area (Å²) in [4.78, 5) is 38.4. The van der Waals surface area contributed by atoms with Gasteiger partial charge in [-0.25, -0.2) is 0 Å². The minimum Gasteiger partial charge on any atom is -0.462 e. The van der Waals surface area contributed by atoms with Crippen molar-refractivity contribution in [2.24, 2.45) is 0 Å². The average molecular weight is 1150 g/mol. The Hall–Kier alpha value is -3.93. The molecule has 0 rings (SSSR count). The molecule has 0 N–H and O–H groups in total. The van der Waals surface area contributed by atoms with Gasteiger partial charge in [0.25, 0.3) is 0 Å². The summed E-state index contributed by atoms with van der Waals surface area (Å²) in [5, 5.41) is 0. The fourth-order valence-corrected chi connectivity index (χ4v) is 9.99. The number of esters is 3. The van der Waals surface area contributed by atoms with Crippen LogP contribution in [0, 0.1) is 0 Å². The fourth-order valence-electron chi connectivity index (χ4n) is 9.99. The van der Waals surface area contributed by atoms with Gasteiger partial charge >= 0.3 is 17.9 Å². The van der Waals surface area contributed by atoms with E-state index in [2.05, 4.69) is 130 Å². The normalized spacial score (nSPS) is 12.8. The van der Waals surface area contributed by atoms with E-state index in [4.69, 9.17) is 14.2 Å². The molecule has 0 aromatic rings. The van der Waals surface area contributed by atoms with Gasteiger partial charge in [0.1, 0.15) is 13.2 Å². The maximum atomic E-state index is 13.0. The molecule has 0 amide bonds. The second-order valence-corrected chi connectivity index (χ2v) is 23.4. The van der Waals surface area contributed by atoms with E-state index in [0.29, 0.717) is 19.3 Å². The van der Waals surface area contributed by atoms with Crippen molar-refractivity contribution in [1.29, 1.82) is 0 Å². The number of rotatable bonds is 64. The van der Waals surface area contributed by atoms with E-state index < -0.39 is 6.10 Å². The van der Waals surface area contributed by atoms with Crippen LogP contribution in [0.25, 0.3) is 0 Å². The number of carbonyl (C=O) groups excluding carboxylic acids is 3. The summed E-state index contributed by atoms with van der Waals surface area (Å²) < 4.78 is 17.0. The van der Waals surface area contributed by atoms with Crippen molar-refractivity contribution in [3.63, 3.8) is 0 Å². The van der Waals surface area contributed by atoms with Crippen LogP contribution in [0.4, 0.5) is 0 Å². The zero-order valence-corrected chi connectivity index (χ0v) is 54.7. The third-order valence-corrected chi connectivity index (χ3v) is 15.3. The monoisotopic (exact) mass is 1150 g/mol. The number of allylic oxidation sites excluding steroid dienone is 18. The molecule has 0 aromatic heterocycles. The highest BCUT2D eigenvalue weighted by Crippen LogP contribution is 2.17. The summed E-state index contributed by atoms with van der Waals surface area (Å²) >= 11 is 0. The van der Waals surface area contributed by atoms with Gasteiger partial charge in [-0.1, -0.05) is 323 Å². The molecule has 0 aromatic carbocycles. The first-order valence-electron chi connectivity index (χ1n) is 35.4. The van der Waals surface area contributed by atoms with E-state index in [-0.39, 0.29) is 31.1 Å². The van der Waals surface area contributed by atoms with Crippen molar-refractivity contribution < 1.29 is 28.6 Å². The molecule has 0 saturated carbocycles. The minimum absolute atomic E-state index is 0.0795. The lowest BCUT2D eigenvalue weighted by atomic mass is 10.0. The van der Waals surface area contributed by atoms with E-state index in [1.807, 2.05) is 0 Å². The summed E-state index contributed by atoms with van der Waals surface area (Å²) in [6.45, 7) is 6.54. The summed E-state index contributed by atoms with van der Waals surface area (Å²) in [6, 6.07) is 0. The third kappa shape index (κ3) is 68.7. The second-order valence-electron chi connectivity index (χ2n) is 23.4. The summed E-state index contributed by atoms with van der Waals surface area (Å²) in [5.74, 6) is -0.877. The van der Waals surface area contributed by atoms with Crippen LogP contribution in [0.1, 0.15) is 342 Å². The molecule has 83 heavy (non-hydrogen) atoms. The van der Waals surface area contributed by atoms with Crippen molar-refractivity contribution in [2.45, 2.75) is 348 Å². The molecule has 0 fully saturated rings. The van der Waals surface area contributed by atoms with Crippen molar-refractivity contribution in [1.82, 2.24) is 0 Å². The van der Waals surface area contributed by atoms with Gasteiger partial charge in [-0.2, -0.15) is 0 Å². The van der Waals surface area contributed by atoms with Crippen molar-refractivity contribution >= 4 is 17.9 Å². The molecule has 1 unspecified atom stereocenters. The molecule has 476 valence electrons. The van der Waals surface area contributed by atoms with E-state index in [0.717, 1.165) is 116 Å². The van der Waals surface area contributed by atoms with Gasteiger partial charge in [0, 0.05) is 19.3 Å². The molecule has 0 bridgehead atoms. The predicted octanol–water partition coefficient (Wildman–Crippen LogP) is 24.6. The second kappa shape index (κ2) is 70.6. The molecule has 0 radical (unpaired) electrons. The average Bonchev–Trinajstić information content (AvgIpc) is 3.49. The maximum absolute atomic E-state index is 13.0. The van der Waals surface area contributed by atoms with Crippen LogP contribution in [-0.2, 0) is 28.6 Å². The van der Waals surface area contributed by atoms with Crippen molar-refractivity contribution in [2.75, 3.05) is 13.2 Å². The SMILES string of the molecule is CC/C=C\C/C=C\C/C=C\C/C=C\C/C=C\C/C=C\CCCCCCCCCCCCC(=O)OCC(COC(=O)CCCCCCCCCCCCCCC)OC(=O)CCCCCCCCCC/C=C\C/C=C\C/C=C\CCCCCCC. The van der Waals surface area contributed by atoms with Gasteiger partial charge in [0.15, 0.2) is 6.10 Å². The maximum Gasteiger partial charge on any atom is 0.306 e. The first-order valence-corrected chi connectivity index (χ1v) is 35.4. The minimum atomic E-state index is -0.785. The van der Waals surface area contributed by atoms with Gasteiger partial charge in [-0.05, 0) is 109 Å². The number of ether oxygens (including phenoxy) is 3. The molecule has 0 spiro atoms. The molecule has 0 aliphatic heterocycles. The topological polar surface area (TPSA) is 78.9 Å². The Kier molecular flexibility index (Phi) is 67.2. The largest absolute Gasteiger partial charge is 0.462 e. The van der Waals surface area contributed by atoms with E-state index in [1.54, 1.807) is 0 Å². The van der Waals surface area contributed by atoms with Gasteiger partial charge in [0.2, 0.25) is 0 Å². The molecule has 0 saturated heterocycles. The predicted molar refractivity (Wildman–Crippen MR) is 362 cm³/mol. The Bertz CT molecular complexity index is 1660. The summed E-state index contributed by atoms with van der Waals surface area (Å²) in [6.07, 6.45) is 96.8. The van der Waals surface area contributed by atoms with Crippen molar-refractivity contribution in [3.8, 4) is 0 Å². The van der Waals surface area contributed by atoms with Gasteiger partial charge < -0.3 is 14.2 Å². The number of carbonyl (C=O) groups is 3. The highest BCUT2D eigenvalue weighted by Gasteiger charge is 2.19. The van der Waals surface area contributed by atoms with Crippen molar-refractivity contribution in [3.05, 3.63) is 109 Å². The molecule has 6 heteroatoms. The van der Waals surface area contributed by atoms with Crippen LogP contribution in [0.5, 0.6) is 0 Å². The Morgan fingerprint density at radius 3 is 0.735 bits per heavy atom. The highest BCUT2D eigenvalue weighted by molar-refractivity contribution is 5.71. The molecule has 0 aliphatic rings. The number of unbranched alkanes of at least 4 members (excludes halogenated alkanes) is 35. The van der Waals surface area contributed by atoms with Crippen LogP contribution in [0.3, 0.4) is 0 Å². The van der Waals surface area contributed by atoms with Crippen LogP contribution < -0.4 is 0 Å². The van der Waals surface area contributed by atoms with Crippen LogP contribution in [-0.4, -0.2) is 37.2 Å². The molecule has 0 heterocycles. The number of hydrogen-bond acceptors (Lipinski definition) is 6. The van der Waals surface area contributed by atoms with Gasteiger partial charge in [-0.3, -0.25) is 14.4 Å². The Labute approximate surface area is 514 Å². The fraction of sp³-hybridized carbons (Fsp3) is 0.727. The first kappa shape index (κ1) is 79.1. The summed E-state index contributed by atoms with van der Waals surface area (Å²) in [7, 11) is 0. The van der Waals surface area contributed by atoms with E-state index in [1.165, 1.54) is 186 Å². The zero-order chi connectivity index (χ0) is 59.9. The molecular formula is C77H132O6. The van der Waals surface area contributed by atoms with Crippen LogP contribution >= 0.6 is 0 Å². The first-order chi connectivity index (χ1) is 41.0. The lowest BCUT2D eigenvalue weighted by Gasteiger charge is -2.18. The zero-order valence-electron chi connectivity index (χ0n) is 54.7. The number of hydrogen-bond donors (Lipinski definition) is 0. The van der Waals surface area contributed by atoms with Gasteiger partial charge in [-0.15, -0.1) is 0 Å².